The molecular formula is C18H17ClN3O2+. The first-order valence-electron chi connectivity index (χ1n) is 7.89. The second-order valence-corrected chi connectivity index (χ2v) is 6.69. The molecular weight excluding hydrogens is 326 g/mol. The van der Waals surface area contributed by atoms with Gasteiger partial charge in [0.25, 0.3) is 11.8 Å². The average molecular weight is 343 g/mol. The number of nitrogens with zero attached hydrogens (tertiary/aromatic N) is 1. The first-order valence-corrected chi connectivity index (χ1v) is 8.27. The number of benzene rings is 2. The SMILES string of the molecule is [NH3+][C@H]1CCN2C(=O)c3cc(-c4ccc(Cl)cc4)ccc3NC(=O)[C@H]12. The van der Waals surface area contributed by atoms with Gasteiger partial charge in [-0.2, -0.15) is 0 Å². The van der Waals surface area contributed by atoms with Crippen LogP contribution in [0.1, 0.15) is 16.8 Å². The van der Waals surface area contributed by atoms with E-state index in [0.717, 1.165) is 17.5 Å². The third-order valence-electron chi connectivity index (χ3n) is 4.74. The number of anilines is 1. The molecule has 122 valence electrons. The molecule has 24 heavy (non-hydrogen) atoms. The molecule has 2 aromatic rings. The maximum absolute atomic E-state index is 12.9. The van der Waals surface area contributed by atoms with Crippen molar-refractivity contribution < 1.29 is 15.3 Å². The lowest BCUT2D eigenvalue weighted by Gasteiger charge is -2.20. The Bertz CT molecular complexity index is 835. The third kappa shape index (κ3) is 2.37. The molecule has 5 nitrogen and oxygen atoms in total. The molecule has 0 unspecified atom stereocenters. The Kier molecular flexibility index (Phi) is 3.55. The number of hydrogen-bond donors (Lipinski definition) is 2. The average Bonchev–Trinajstić information content (AvgIpc) is 2.92. The molecule has 0 radical (unpaired) electrons. The van der Waals surface area contributed by atoms with E-state index in [1.807, 2.05) is 36.4 Å². The van der Waals surface area contributed by atoms with E-state index in [0.29, 0.717) is 22.8 Å². The van der Waals surface area contributed by atoms with Crippen LogP contribution in [0.3, 0.4) is 0 Å². The minimum atomic E-state index is -0.483. The highest BCUT2D eigenvalue weighted by Crippen LogP contribution is 2.31. The van der Waals surface area contributed by atoms with Gasteiger partial charge >= 0.3 is 0 Å². The zero-order chi connectivity index (χ0) is 16.8. The molecule has 0 aromatic heterocycles. The minimum absolute atomic E-state index is 0.0704. The van der Waals surface area contributed by atoms with Crippen LogP contribution in [-0.4, -0.2) is 35.3 Å². The molecule has 0 saturated carbocycles. The molecule has 2 aromatic carbocycles. The van der Waals surface area contributed by atoms with E-state index in [9.17, 15) is 9.59 Å². The summed E-state index contributed by atoms with van der Waals surface area (Å²) >= 11 is 5.94. The Morgan fingerprint density at radius 1 is 1.08 bits per heavy atom. The maximum atomic E-state index is 12.9. The number of carbonyl (C=O) groups is 2. The second-order valence-electron chi connectivity index (χ2n) is 6.25. The van der Waals surface area contributed by atoms with Crippen LogP contribution in [-0.2, 0) is 4.79 Å². The summed E-state index contributed by atoms with van der Waals surface area (Å²) in [7, 11) is 0. The van der Waals surface area contributed by atoms with Gasteiger partial charge in [-0.1, -0.05) is 29.8 Å². The molecule has 2 atom stereocenters. The monoisotopic (exact) mass is 342 g/mol. The van der Waals surface area contributed by atoms with Crippen LogP contribution in [0, 0.1) is 0 Å². The predicted octanol–water partition coefficient (Wildman–Crippen LogP) is 1.78. The van der Waals surface area contributed by atoms with Crippen LogP contribution in [0.4, 0.5) is 5.69 Å². The largest absolute Gasteiger partial charge is 0.353 e. The maximum Gasteiger partial charge on any atom is 0.256 e. The molecule has 0 bridgehead atoms. The Morgan fingerprint density at radius 2 is 1.79 bits per heavy atom. The van der Waals surface area contributed by atoms with Gasteiger partial charge in [0.05, 0.1) is 11.3 Å². The summed E-state index contributed by atoms with van der Waals surface area (Å²) in [6.45, 7) is 0.565. The highest BCUT2D eigenvalue weighted by Gasteiger charge is 2.45. The Balaban J connectivity index is 1.78. The third-order valence-corrected chi connectivity index (χ3v) is 4.99. The van der Waals surface area contributed by atoms with E-state index < -0.39 is 6.04 Å². The van der Waals surface area contributed by atoms with Crippen molar-refractivity contribution in [1.82, 2.24) is 4.90 Å². The van der Waals surface area contributed by atoms with Crippen molar-refractivity contribution in [3.8, 4) is 11.1 Å². The van der Waals surface area contributed by atoms with Crippen LogP contribution in [0.15, 0.2) is 42.5 Å². The van der Waals surface area contributed by atoms with E-state index in [4.69, 9.17) is 11.6 Å². The molecule has 2 heterocycles. The number of rotatable bonds is 1. The van der Waals surface area contributed by atoms with Crippen molar-refractivity contribution in [3.63, 3.8) is 0 Å². The fraction of sp³-hybridized carbons (Fsp3) is 0.222. The summed E-state index contributed by atoms with van der Waals surface area (Å²) in [5.41, 5.74) is 6.98. The Morgan fingerprint density at radius 3 is 2.54 bits per heavy atom. The van der Waals surface area contributed by atoms with E-state index in [1.54, 1.807) is 11.0 Å². The predicted molar refractivity (Wildman–Crippen MR) is 91.6 cm³/mol. The van der Waals surface area contributed by atoms with Crippen LogP contribution in [0.2, 0.25) is 5.02 Å². The lowest BCUT2D eigenvalue weighted by Crippen LogP contribution is -2.68. The number of amides is 2. The van der Waals surface area contributed by atoms with Gasteiger partial charge in [-0.15, -0.1) is 0 Å². The topological polar surface area (TPSA) is 77.1 Å². The van der Waals surface area contributed by atoms with Crippen molar-refractivity contribution in [2.45, 2.75) is 18.5 Å². The first kappa shape index (κ1) is 15.2. The molecule has 4 rings (SSSR count). The van der Waals surface area contributed by atoms with Gasteiger partial charge in [0.1, 0.15) is 6.04 Å². The fourth-order valence-corrected chi connectivity index (χ4v) is 3.58. The summed E-state index contributed by atoms with van der Waals surface area (Å²) in [6, 6.07) is 12.4. The Labute approximate surface area is 144 Å². The summed E-state index contributed by atoms with van der Waals surface area (Å²) in [5.74, 6) is -0.269. The first-order chi connectivity index (χ1) is 11.5. The van der Waals surface area contributed by atoms with Gasteiger partial charge in [-0.25, -0.2) is 0 Å². The molecule has 6 heteroatoms. The molecule has 0 spiro atoms. The van der Waals surface area contributed by atoms with Crippen molar-refractivity contribution >= 4 is 29.1 Å². The molecule has 4 N–H and O–H groups in total. The van der Waals surface area contributed by atoms with Crippen LogP contribution < -0.4 is 11.1 Å². The van der Waals surface area contributed by atoms with Crippen LogP contribution in [0.25, 0.3) is 11.1 Å². The van der Waals surface area contributed by atoms with Crippen molar-refractivity contribution in [3.05, 3.63) is 53.1 Å². The smallest absolute Gasteiger partial charge is 0.256 e. The van der Waals surface area contributed by atoms with E-state index in [-0.39, 0.29) is 17.9 Å². The zero-order valence-corrected chi connectivity index (χ0v) is 13.7. The van der Waals surface area contributed by atoms with Gasteiger partial charge < -0.3 is 16.0 Å². The molecule has 0 aliphatic carbocycles. The normalized spacial score (nSPS) is 22.7. The van der Waals surface area contributed by atoms with Gasteiger partial charge in [0, 0.05) is 18.0 Å². The highest BCUT2D eigenvalue weighted by molar-refractivity contribution is 6.30. The molecule has 2 amide bonds. The molecule has 1 fully saturated rings. The van der Waals surface area contributed by atoms with Gasteiger partial charge in [0.15, 0.2) is 6.04 Å². The number of hydrogen-bond acceptors (Lipinski definition) is 2. The summed E-state index contributed by atoms with van der Waals surface area (Å²) in [5, 5.41) is 3.54. The second kappa shape index (κ2) is 5.61. The number of nitrogens with one attached hydrogen (secondary N) is 1. The molecule has 2 aliphatic rings. The standard InChI is InChI=1S/C18H16ClN3O2/c19-12-4-1-10(2-5-12)11-3-6-15-13(9-11)18(24)22-8-7-14(20)16(22)17(23)21-15/h1-6,9,14,16H,7-8,20H2,(H,21,23)/p+1/t14-,16-/m0/s1. The highest BCUT2D eigenvalue weighted by atomic mass is 35.5. The lowest BCUT2D eigenvalue weighted by atomic mass is 10.0. The lowest BCUT2D eigenvalue weighted by molar-refractivity contribution is -0.419. The number of fused-ring (bicyclic) bond motifs is 2. The van der Waals surface area contributed by atoms with E-state index in [2.05, 4.69) is 11.1 Å². The van der Waals surface area contributed by atoms with Crippen LogP contribution >= 0.6 is 11.6 Å². The summed E-state index contributed by atoms with van der Waals surface area (Å²) < 4.78 is 0. The zero-order valence-electron chi connectivity index (χ0n) is 13.0. The number of halogens is 1. The number of carbonyl (C=O) groups excluding carboxylic acids is 2. The van der Waals surface area contributed by atoms with Gasteiger partial charge in [-0.3, -0.25) is 9.59 Å². The summed E-state index contributed by atoms with van der Waals surface area (Å²) in [4.78, 5) is 27.0. The van der Waals surface area contributed by atoms with Gasteiger partial charge in [-0.05, 0) is 35.4 Å². The fourth-order valence-electron chi connectivity index (χ4n) is 3.45. The quantitative estimate of drug-likeness (QED) is 0.828. The number of quaternary nitrogens is 1. The molecule has 1 saturated heterocycles. The summed E-state index contributed by atoms with van der Waals surface area (Å²) in [6.07, 6.45) is 0.746. The van der Waals surface area contributed by atoms with E-state index >= 15 is 0 Å². The Hall–Kier alpha value is -2.37. The minimum Gasteiger partial charge on any atom is -0.353 e. The molecule has 2 aliphatic heterocycles. The van der Waals surface area contributed by atoms with Crippen molar-refractivity contribution in [2.24, 2.45) is 0 Å². The van der Waals surface area contributed by atoms with E-state index in [1.165, 1.54) is 0 Å². The van der Waals surface area contributed by atoms with Crippen LogP contribution in [0.5, 0.6) is 0 Å². The van der Waals surface area contributed by atoms with Gasteiger partial charge in [0.2, 0.25) is 0 Å². The van der Waals surface area contributed by atoms with Crippen molar-refractivity contribution in [1.29, 1.82) is 0 Å². The van der Waals surface area contributed by atoms with Crippen molar-refractivity contribution in [2.75, 3.05) is 11.9 Å².